The van der Waals surface area contributed by atoms with E-state index in [-0.39, 0.29) is 11.8 Å². The maximum Gasteiger partial charge on any atom is 0.282 e. The molecule has 0 aromatic heterocycles. The maximum absolute atomic E-state index is 13.5. The van der Waals surface area contributed by atoms with Crippen LogP contribution in [0, 0.1) is 6.92 Å². The van der Waals surface area contributed by atoms with Crippen LogP contribution in [-0.4, -0.2) is 24.9 Å². The van der Waals surface area contributed by atoms with Crippen LogP contribution in [0.3, 0.4) is 0 Å². The van der Waals surface area contributed by atoms with Gasteiger partial charge in [-0.2, -0.15) is 0 Å². The highest BCUT2D eigenvalue weighted by molar-refractivity contribution is 6.46. The average Bonchev–Trinajstić information content (AvgIpc) is 3.05. The van der Waals surface area contributed by atoms with Crippen molar-refractivity contribution in [3.8, 4) is 0 Å². The van der Waals surface area contributed by atoms with Gasteiger partial charge in [-0.05, 0) is 68.3 Å². The monoisotopic (exact) mass is 425 g/mol. The van der Waals surface area contributed by atoms with E-state index in [4.69, 9.17) is 0 Å². The summed E-state index contributed by atoms with van der Waals surface area (Å²) < 4.78 is 0. The van der Waals surface area contributed by atoms with Crippen molar-refractivity contribution in [2.24, 2.45) is 0 Å². The predicted molar refractivity (Wildman–Crippen MR) is 131 cm³/mol. The largest absolute Gasteiger partial charge is 0.372 e. The van der Waals surface area contributed by atoms with Crippen LogP contribution in [-0.2, 0) is 9.59 Å². The van der Waals surface area contributed by atoms with Gasteiger partial charge in [0.2, 0.25) is 0 Å². The zero-order valence-electron chi connectivity index (χ0n) is 18.6. The minimum atomic E-state index is -0.354. The van der Waals surface area contributed by atoms with Crippen LogP contribution in [0.5, 0.6) is 0 Å². The SMILES string of the molecule is CCN(CC)c1ccc(NC2=C(c3ccccc3)C(=O)N(c3cccc(C)c3)C2=O)cc1. The number of benzene rings is 3. The smallest absolute Gasteiger partial charge is 0.282 e. The van der Waals surface area contributed by atoms with Crippen molar-refractivity contribution in [1.82, 2.24) is 0 Å². The summed E-state index contributed by atoms with van der Waals surface area (Å²) in [6.45, 7) is 8.03. The first-order valence-electron chi connectivity index (χ1n) is 10.9. The topological polar surface area (TPSA) is 52.7 Å². The van der Waals surface area contributed by atoms with Gasteiger partial charge in [-0.25, -0.2) is 4.90 Å². The third-order valence-electron chi connectivity index (χ3n) is 5.67. The fraction of sp³-hybridized carbons (Fsp3) is 0.185. The van der Waals surface area contributed by atoms with E-state index in [1.165, 1.54) is 4.90 Å². The Labute approximate surface area is 189 Å². The van der Waals surface area contributed by atoms with Gasteiger partial charge in [0.15, 0.2) is 0 Å². The summed E-state index contributed by atoms with van der Waals surface area (Å²) in [5.74, 6) is -0.679. The molecular formula is C27H27N3O2. The molecule has 1 N–H and O–H groups in total. The first kappa shape index (κ1) is 21.4. The number of aryl methyl sites for hydroxylation is 1. The van der Waals surface area contributed by atoms with Crippen LogP contribution in [0.25, 0.3) is 5.57 Å². The Bertz CT molecular complexity index is 1160. The molecule has 1 aliphatic heterocycles. The molecule has 0 unspecified atom stereocenters. The zero-order chi connectivity index (χ0) is 22.7. The van der Waals surface area contributed by atoms with E-state index in [2.05, 4.69) is 24.1 Å². The van der Waals surface area contributed by atoms with Gasteiger partial charge in [0.25, 0.3) is 11.8 Å². The van der Waals surface area contributed by atoms with Gasteiger partial charge in [0.05, 0.1) is 11.3 Å². The first-order valence-corrected chi connectivity index (χ1v) is 10.9. The lowest BCUT2D eigenvalue weighted by Gasteiger charge is -2.21. The molecule has 5 nitrogen and oxygen atoms in total. The van der Waals surface area contributed by atoms with E-state index in [1.807, 2.05) is 79.7 Å². The Morgan fingerprint density at radius 1 is 0.812 bits per heavy atom. The molecule has 5 heteroatoms. The van der Waals surface area contributed by atoms with Crippen LogP contribution >= 0.6 is 0 Å². The third kappa shape index (κ3) is 4.02. The van der Waals surface area contributed by atoms with Crippen LogP contribution in [0.4, 0.5) is 17.1 Å². The van der Waals surface area contributed by atoms with E-state index in [0.717, 1.165) is 30.0 Å². The van der Waals surface area contributed by atoms with Gasteiger partial charge in [-0.15, -0.1) is 0 Å². The molecule has 2 amide bonds. The summed E-state index contributed by atoms with van der Waals surface area (Å²) >= 11 is 0. The molecule has 0 saturated carbocycles. The maximum atomic E-state index is 13.5. The lowest BCUT2D eigenvalue weighted by Crippen LogP contribution is -2.32. The molecule has 1 aliphatic rings. The molecule has 0 radical (unpaired) electrons. The second-order valence-corrected chi connectivity index (χ2v) is 7.74. The highest BCUT2D eigenvalue weighted by Crippen LogP contribution is 2.34. The molecular weight excluding hydrogens is 398 g/mol. The van der Waals surface area contributed by atoms with Crippen LogP contribution in [0.2, 0.25) is 0 Å². The Hall–Kier alpha value is -3.86. The number of carbonyl (C=O) groups excluding carboxylic acids is 2. The molecule has 0 aliphatic carbocycles. The van der Waals surface area contributed by atoms with E-state index in [9.17, 15) is 9.59 Å². The molecule has 0 saturated heterocycles. The molecule has 32 heavy (non-hydrogen) atoms. The van der Waals surface area contributed by atoms with Crippen molar-refractivity contribution in [2.75, 3.05) is 28.2 Å². The Morgan fingerprint density at radius 2 is 1.50 bits per heavy atom. The first-order chi connectivity index (χ1) is 15.5. The number of nitrogens with one attached hydrogen (secondary N) is 1. The third-order valence-corrected chi connectivity index (χ3v) is 5.67. The van der Waals surface area contributed by atoms with Crippen molar-refractivity contribution < 1.29 is 9.59 Å². The van der Waals surface area contributed by atoms with Crippen molar-refractivity contribution in [3.05, 3.63) is 95.7 Å². The highest BCUT2D eigenvalue weighted by Gasteiger charge is 2.40. The summed E-state index contributed by atoms with van der Waals surface area (Å²) in [7, 11) is 0. The number of carbonyl (C=O) groups is 2. The molecule has 0 fully saturated rings. The number of amides is 2. The number of hydrogen-bond donors (Lipinski definition) is 1. The van der Waals surface area contributed by atoms with Gasteiger partial charge < -0.3 is 10.2 Å². The van der Waals surface area contributed by atoms with Gasteiger partial charge in [-0.3, -0.25) is 9.59 Å². The molecule has 1 heterocycles. The number of nitrogens with zero attached hydrogens (tertiary/aromatic N) is 2. The van der Waals surface area contributed by atoms with E-state index in [0.29, 0.717) is 22.5 Å². The van der Waals surface area contributed by atoms with Gasteiger partial charge in [-0.1, -0.05) is 42.5 Å². The summed E-state index contributed by atoms with van der Waals surface area (Å²) in [5, 5.41) is 3.24. The van der Waals surface area contributed by atoms with Gasteiger partial charge >= 0.3 is 0 Å². The van der Waals surface area contributed by atoms with Gasteiger partial charge in [0, 0.05) is 24.5 Å². The Kier molecular flexibility index (Phi) is 6.08. The quantitative estimate of drug-likeness (QED) is 0.526. The summed E-state index contributed by atoms with van der Waals surface area (Å²) in [6, 6.07) is 24.7. The standard InChI is InChI=1S/C27H27N3O2/c1-4-29(5-2)22-16-14-21(15-17-22)28-25-24(20-11-7-6-8-12-20)26(31)30(27(25)32)23-13-9-10-19(3)18-23/h6-18,28H,4-5H2,1-3H3. The lowest BCUT2D eigenvalue weighted by molar-refractivity contribution is -0.120. The Balaban J connectivity index is 1.73. The minimum absolute atomic E-state index is 0.290. The summed E-state index contributed by atoms with van der Waals surface area (Å²) in [4.78, 5) is 30.4. The molecule has 3 aromatic rings. The van der Waals surface area contributed by atoms with Gasteiger partial charge in [0.1, 0.15) is 5.70 Å². The summed E-state index contributed by atoms with van der Waals surface area (Å²) in [6.07, 6.45) is 0. The number of anilines is 3. The van der Waals surface area contributed by atoms with Crippen molar-refractivity contribution >= 4 is 34.4 Å². The highest BCUT2D eigenvalue weighted by atomic mass is 16.2. The number of hydrogen-bond acceptors (Lipinski definition) is 4. The van der Waals surface area contributed by atoms with Crippen LogP contribution < -0.4 is 15.1 Å². The molecule has 0 bridgehead atoms. The van der Waals surface area contributed by atoms with E-state index in [1.54, 1.807) is 6.07 Å². The lowest BCUT2D eigenvalue weighted by atomic mass is 10.0. The van der Waals surface area contributed by atoms with Crippen LogP contribution in [0.1, 0.15) is 25.0 Å². The zero-order valence-corrected chi connectivity index (χ0v) is 18.6. The molecule has 3 aromatic carbocycles. The fourth-order valence-corrected chi connectivity index (χ4v) is 4.01. The normalized spacial score (nSPS) is 13.7. The fourth-order valence-electron chi connectivity index (χ4n) is 4.01. The molecule has 0 spiro atoms. The van der Waals surface area contributed by atoms with Crippen LogP contribution in [0.15, 0.2) is 84.6 Å². The Morgan fingerprint density at radius 3 is 2.12 bits per heavy atom. The average molecular weight is 426 g/mol. The molecule has 4 rings (SSSR count). The van der Waals surface area contributed by atoms with E-state index < -0.39 is 0 Å². The minimum Gasteiger partial charge on any atom is -0.372 e. The number of rotatable bonds is 7. The van der Waals surface area contributed by atoms with Crippen molar-refractivity contribution in [2.45, 2.75) is 20.8 Å². The molecule has 0 atom stereocenters. The molecule has 162 valence electrons. The van der Waals surface area contributed by atoms with Crippen molar-refractivity contribution in [3.63, 3.8) is 0 Å². The predicted octanol–water partition coefficient (Wildman–Crippen LogP) is 5.24. The summed E-state index contributed by atoms with van der Waals surface area (Å²) in [5.41, 5.74) is 4.82. The number of imide groups is 1. The van der Waals surface area contributed by atoms with E-state index >= 15 is 0 Å². The second kappa shape index (κ2) is 9.10. The second-order valence-electron chi connectivity index (χ2n) is 7.74. The van der Waals surface area contributed by atoms with Crippen molar-refractivity contribution in [1.29, 1.82) is 0 Å².